The van der Waals surface area contributed by atoms with Gasteiger partial charge in [0.15, 0.2) is 0 Å². The third kappa shape index (κ3) is 4.05. The zero-order valence-electron chi connectivity index (χ0n) is 12.6. The number of benzene rings is 1. The second kappa shape index (κ2) is 7.21. The van der Waals surface area contributed by atoms with Crippen LogP contribution in [0.4, 0.5) is 0 Å². The molecular formula is C17H28N2O. The zero-order chi connectivity index (χ0) is 14.4. The largest absolute Gasteiger partial charge is 0.389 e. The Kier molecular flexibility index (Phi) is 5.58. The fraction of sp³-hybridized carbons (Fsp3) is 0.647. The first-order chi connectivity index (χ1) is 9.67. The lowest BCUT2D eigenvalue weighted by Crippen LogP contribution is -2.38. The fourth-order valence-corrected chi connectivity index (χ4v) is 3.01. The number of nitrogens with zero attached hydrogens (tertiary/aromatic N) is 1. The van der Waals surface area contributed by atoms with Crippen LogP contribution in [0.3, 0.4) is 0 Å². The molecule has 3 nitrogen and oxygen atoms in total. The van der Waals surface area contributed by atoms with Gasteiger partial charge in [-0.15, -0.1) is 0 Å². The minimum Gasteiger partial charge on any atom is -0.389 e. The lowest BCUT2D eigenvalue weighted by molar-refractivity contribution is 0.0314. The van der Waals surface area contributed by atoms with Gasteiger partial charge in [-0.25, -0.2) is 0 Å². The topological polar surface area (TPSA) is 49.5 Å². The lowest BCUT2D eigenvalue weighted by Gasteiger charge is -2.27. The molecule has 0 aliphatic carbocycles. The average Bonchev–Trinajstić information content (AvgIpc) is 2.68. The normalized spacial score (nSPS) is 19.1. The third-order valence-corrected chi connectivity index (χ3v) is 4.59. The number of fused-ring (bicyclic) bond motifs is 1. The van der Waals surface area contributed by atoms with Gasteiger partial charge in [0.25, 0.3) is 0 Å². The highest BCUT2D eigenvalue weighted by Gasteiger charge is 2.22. The molecule has 2 rings (SSSR count). The van der Waals surface area contributed by atoms with E-state index >= 15 is 0 Å². The Morgan fingerprint density at radius 3 is 2.75 bits per heavy atom. The smallest absolute Gasteiger partial charge is 0.0767 e. The van der Waals surface area contributed by atoms with Gasteiger partial charge in [-0.1, -0.05) is 31.2 Å². The van der Waals surface area contributed by atoms with Crippen molar-refractivity contribution in [2.45, 2.75) is 51.2 Å². The van der Waals surface area contributed by atoms with E-state index in [9.17, 15) is 5.11 Å². The van der Waals surface area contributed by atoms with Crippen molar-refractivity contribution in [3.05, 3.63) is 35.4 Å². The Morgan fingerprint density at radius 1 is 1.30 bits per heavy atom. The van der Waals surface area contributed by atoms with Crippen LogP contribution in [0.15, 0.2) is 24.3 Å². The minimum absolute atomic E-state index is 0.367. The molecule has 0 amide bonds. The standard InChI is InChI=1S/C17H28N2O/c1-2-17(20,14-18)10-6-12-19-11-5-9-15-7-3-4-8-16(15)13-19/h3-4,7-8,20H,2,5-6,9-14,18H2,1H3. The van der Waals surface area contributed by atoms with Crippen LogP contribution in [-0.2, 0) is 13.0 Å². The molecule has 0 saturated carbocycles. The molecule has 1 aromatic carbocycles. The maximum Gasteiger partial charge on any atom is 0.0767 e. The molecule has 20 heavy (non-hydrogen) atoms. The number of aryl methyl sites for hydroxylation is 1. The van der Waals surface area contributed by atoms with E-state index in [0.717, 1.165) is 38.9 Å². The first-order valence-corrected chi connectivity index (χ1v) is 7.88. The summed E-state index contributed by atoms with van der Waals surface area (Å²) < 4.78 is 0. The van der Waals surface area contributed by atoms with E-state index in [2.05, 4.69) is 29.2 Å². The van der Waals surface area contributed by atoms with Gasteiger partial charge in [-0.2, -0.15) is 0 Å². The van der Waals surface area contributed by atoms with E-state index in [1.807, 2.05) is 6.92 Å². The highest BCUT2D eigenvalue weighted by atomic mass is 16.3. The highest BCUT2D eigenvalue weighted by molar-refractivity contribution is 5.27. The van der Waals surface area contributed by atoms with Crippen LogP contribution in [0.25, 0.3) is 0 Å². The van der Waals surface area contributed by atoms with Crippen LogP contribution in [-0.4, -0.2) is 35.2 Å². The predicted octanol–water partition coefficient (Wildman–Crippen LogP) is 2.31. The van der Waals surface area contributed by atoms with Crippen molar-refractivity contribution in [1.82, 2.24) is 4.90 Å². The first kappa shape index (κ1) is 15.5. The Balaban J connectivity index is 1.85. The molecule has 3 heteroatoms. The average molecular weight is 276 g/mol. The third-order valence-electron chi connectivity index (χ3n) is 4.59. The molecule has 112 valence electrons. The summed E-state index contributed by atoms with van der Waals surface area (Å²) in [5, 5.41) is 10.2. The van der Waals surface area contributed by atoms with Gasteiger partial charge in [0.1, 0.15) is 0 Å². The molecule has 1 heterocycles. The molecule has 1 aliphatic heterocycles. The van der Waals surface area contributed by atoms with E-state index in [4.69, 9.17) is 5.73 Å². The van der Waals surface area contributed by atoms with Crippen molar-refractivity contribution in [3.8, 4) is 0 Å². The molecule has 0 radical (unpaired) electrons. The van der Waals surface area contributed by atoms with Crippen molar-refractivity contribution >= 4 is 0 Å². The SMILES string of the molecule is CCC(O)(CN)CCCN1CCCc2ccccc2C1. The fourth-order valence-electron chi connectivity index (χ4n) is 3.01. The summed E-state index contributed by atoms with van der Waals surface area (Å²) in [6.45, 7) is 5.63. The molecular weight excluding hydrogens is 248 g/mol. The Morgan fingerprint density at radius 2 is 2.05 bits per heavy atom. The van der Waals surface area contributed by atoms with Crippen molar-refractivity contribution in [2.75, 3.05) is 19.6 Å². The molecule has 0 aromatic heterocycles. The molecule has 0 fully saturated rings. The van der Waals surface area contributed by atoms with Crippen molar-refractivity contribution < 1.29 is 5.11 Å². The number of rotatable bonds is 6. The van der Waals surface area contributed by atoms with E-state index < -0.39 is 5.60 Å². The van der Waals surface area contributed by atoms with E-state index in [1.165, 1.54) is 24.0 Å². The van der Waals surface area contributed by atoms with E-state index in [-0.39, 0.29) is 0 Å². The Hall–Kier alpha value is -0.900. The number of hydrogen-bond acceptors (Lipinski definition) is 3. The van der Waals surface area contributed by atoms with E-state index in [0.29, 0.717) is 6.54 Å². The van der Waals surface area contributed by atoms with Gasteiger partial charge in [-0.3, -0.25) is 4.90 Å². The second-order valence-electron chi connectivity index (χ2n) is 6.03. The monoisotopic (exact) mass is 276 g/mol. The second-order valence-corrected chi connectivity index (χ2v) is 6.03. The van der Waals surface area contributed by atoms with Crippen molar-refractivity contribution in [1.29, 1.82) is 0 Å². The summed E-state index contributed by atoms with van der Waals surface area (Å²) in [6.07, 6.45) is 4.98. The van der Waals surface area contributed by atoms with Crippen LogP contribution < -0.4 is 5.73 Å². The summed E-state index contributed by atoms with van der Waals surface area (Å²) in [6, 6.07) is 8.77. The van der Waals surface area contributed by atoms with Gasteiger partial charge < -0.3 is 10.8 Å². The summed E-state index contributed by atoms with van der Waals surface area (Å²) in [5.41, 5.74) is 7.97. The van der Waals surface area contributed by atoms with Crippen LogP contribution in [0.2, 0.25) is 0 Å². The molecule has 0 spiro atoms. The van der Waals surface area contributed by atoms with Gasteiger partial charge in [0.05, 0.1) is 5.60 Å². The number of aliphatic hydroxyl groups is 1. The van der Waals surface area contributed by atoms with Crippen LogP contribution in [0, 0.1) is 0 Å². The predicted molar refractivity (Wildman–Crippen MR) is 83.6 cm³/mol. The Labute approximate surface area is 122 Å². The van der Waals surface area contributed by atoms with Gasteiger partial charge >= 0.3 is 0 Å². The zero-order valence-corrected chi connectivity index (χ0v) is 12.6. The van der Waals surface area contributed by atoms with Gasteiger partial charge in [0, 0.05) is 13.1 Å². The lowest BCUT2D eigenvalue weighted by atomic mass is 9.95. The molecule has 1 atom stereocenters. The highest BCUT2D eigenvalue weighted by Crippen LogP contribution is 2.20. The van der Waals surface area contributed by atoms with E-state index in [1.54, 1.807) is 0 Å². The molecule has 1 aliphatic rings. The molecule has 0 bridgehead atoms. The summed E-state index contributed by atoms with van der Waals surface area (Å²) in [5.74, 6) is 0. The minimum atomic E-state index is -0.663. The van der Waals surface area contributed by atoms with Crippen LogP contribution >= 0.6 is 0 Å². The summed E-state index contributed by atoms with van der Waals surface area (Å²) in [7, 11) is 0. The quantitative estimate of drug-likeness (QED) is 0.838. The summed E-state index contributed by atoms with van der Waals surface area (Å²) in [4.78, 5) is 2.51. The van der Waals surface area contributed by atoms with Crippen LogP contribution in [0.5, 0.6) is 0 Å². The molecule has 0 saturated heterocycles. The van der Waals surface area contributed by atoms with Crippen molar-refractivity contribution in [2.24, 2.45) is 5.73 Å². The number of hydrogen-bond donors (Lipinski definition) is 2. The molecule has 1 aromatic rings. The molecule has 3 N–H and O–H groups in total. The van der Waals surface area contributed by atoms with Crippen LogP contribution in [0.1, 0.15) is 43.7 Å². The van der Waals surface area contributed by atoms with Gasteiger partial charge in [-0.05, 0) is 56.3 Å². The maximum absolute atomic E-state index is 10.2. The molecule has 1 unspecified atom stereocenters. The summed E-state index contributed by atoms with van der Waals surface area (Å²) >= 11 is 0. The Bertz CT molecular complexity index is 415. The maximum atomic E-state index is 10.2. The van der Waals surface area contributed by atoms with Gasteiger partial charge in [0.2, 0.25) is 0 Å². The van der Waals surface area contributed by atoms with Crippen molar-refractivity contribution in [3.63, 3.8) is 0 Å². The number of nitrogens with two attached hydrogens (primary N) is 1. The first-order valence-electron chi connectivity index (χ1n) is 7.88.